The molecule has 0 saturated carbocycles. The molecule has 176 valence electrons. The van der Waals surface area contributed by atoms with E-state index in [0.717, 1.165) is 28.9 Å². The van der Waals surface area contributed by atoms with E-state index in [0.29, 0.717) is 29.5 Å². The van der Waals surface area contributed by atoms with E-state index in [2.05, 4.69) is 29.4 Å². The molecule has 7 nitrogen and oxygen atoms in total. The molecular formula is C27H30N4O3. The van der Waals surface area contributed by atoms with Gasteiger partial charge < -0.3 is 14.8 Å². The Bertz CT molecular complexity index is 1260. The van der Waals surface area contributed by atoms with Gasteiger partial charge in [0, 0.05) is 5.69 Å². The molecule has 0 spiro atoms. The van der Waals surface area contributed by atoms with Gasteiger partial charge in [0.05, 0.1) is 12.3 Å². The van der Waals surface area contributed by atoms with Gasteiger partial charge in [0.15, 0.2) is 6.61 Å². The molecule has 0 fully saturated rings. The van der Waals surface area contributed by atoms with Crippen LogP contribution in [0.15, 0.2) is 60.7 Å². The van der Waals surface area contributed by atoms with Crippen molar-refractivity contribution in [3.05, 3.63) is 71.8 Å². The number of amides is 1. The second kappa shape index (κ2) is 10.4. The van der Waals surface area contributed by atoms with E-state index in [1.807, 2.05) is 74.5 Å². The number of nitrogens with zero attached hydrogens (tertiary/aromatic N) is 3. The van der Waals surface area contributed by atoms with Crippen molar-refractivity contribution in [1.29, 1.82) is 0 Å². The van der Waals surface area contributed by atoms with Gasteiger partial charge in [0.25, 0.3) is 5.91 Å². The van der Waals surface area contributed by atoms with E-state index in [-0.39, 0.29) is 12.5 Å². The molecule has 1 N–H and O–H groups in total. The Balaban J connectivity index is 1.42. The van der Waals surface area contributed by atoms with E-state index >= 15 is 0 Å². The van der Waals surface area contributed by atoms with Gasteiger partial charge in [0.2, 0.25) is 0 Å². The Hall–Kier alpha value is -3.87. The SMILES string of the molecule is CCOc1ccc(-n2nc3cc(C)c(NC(=O)COc4ccc([C@@H](C)CC)cc4)cc3n2)cc1. The summed E-state index contributed by atoms with van der Waals surface area (Å²) in [6, 6.07) is 19.3. The summed E-state index contributed by atoms with van der Waals surface area (Å²) >= 11 is 0. The third-order valence-corrected chi connectivity index (χ3v) is 5.81. The Labute approximate surface area is 199 Å². The molecule has 1 heterocycles. The molecule has 0 aliphatic carbocycles. The van der Waals surface area contributed by atoms with Crippen LogP contribution in [0.1, 0.15) is 44.2 Å². The first kappa shape index (κ1) is 23.3. The Morgan fingerprint density at radius 2 is 1.56 bits per heavy atom. The van der Waals surface area contributed by atoms with E-state index in [4.69, 9.17) is 9.47 Å². The van der Waals surface area contributed by atoms with Crippen molar-refractivity contribution >= 4 is 22.6 Å². The average Bonchev–Trinajstić information content (AvgIpc) is 3.26. The second-order valence-corrected chi connectivity index (χ2v) is 8.29. The quantitative estimate of drug-likeness (QED) is 0.350. The lowest BCUT2D eigenvalue weighted by molar-refractivity contribution is -0.118. The summed E-state index contributed by atoms with van der Waals surface area (Å²) in [5, 5.41) is 12.1. The lowest BCUT2D eigenvalue weighted by Gasteiger charge is -2.11. The number of anilines is 1. The van der Waals surface area contributed by atoms with Crippen LogP contribution in [0.2, 0.25) is 0 Å². The van der Waals surface area contributed by atoms with E-state index < -0.39 is 0 Å². The van der Waals surface area contributed by atoms with Crippen LogP contribution < -0.4 is 14.8 Å². The lowest BCUT2D eigenvalue weighted by atomic mass is 9.99. The first-order valence-corrected chi connectivity index (χ1v) is 11.6. The smallest absolute Gasteiger partial charge is 0.262 e. The van der Waals surface area contributed by atoms with Crippen molar-refractivity contribution in [3.63, 3.8) is 0 Å². The highest BCUT2D eigenvalue weighted by molar-refractivity contribution is 5.95. The molecule has 1 amide bonds. The summed E-state index contributed by atoms with van der Waals surface area (Å²) in [5.41, 5.74) is 5.12. The maximum Gasteiger partial charge on any atom is 0.262 e. The van der Waals surface area contributed by atoms with E-state index in [1.54, 1.807) is 4.80 Å². The van der Waals surface area contributed by atoms with Gasteiger partial charge in [-0.2, -0.15) is 4.80 Å². The van der Waals surface area contributed by atoms with Crippen molar-refractivity contribution in [3.8, 4) is 17.2 Å². The van der Waals surface area contributed by atoms with Gasteiger partial charge >= 0.3 is 0 Å². The zero-order chi connectivity index (χ0) is 24.1. The van der Waals surface area contributed by atoms with Crippen LogP contribution in [-0.4, -0.2) is 34.1 Å². The molecule has 0 unspecified atom stereocenters. The summed E-state index contributed by atoms with van der Waals surface area (Å²) in [7, 11) is 0. The molecule has 0 saturated heterocycles. The molecule has 4 aromatic rings. The van der Waals surface area contributed by atoms with Gasteiger partial charge in [-0.05, 0) is 85.8 Å². The summed E-state index contributed by atoms with van der Waals surface area (Å²) in [4.78, 5) is 14.1. The largest absolute Gasteiger partial charge is 0.494 e. The van der Waals surface area contributed by atoms with Crippen molar-refractivity contribution in [2.24, 2.45) is 0 Å². The lowest BCUT2D eigenvalue weighted by Crippen LogP contribution is -2.20. The highest BCUT2D eigenvalue weighted by atomic mass is 16.5. The van der Waals surface area contributed by atoms with Gasteiger partial charge in [0.1, 0.15) is 22.5 Å². The number of carbonyl (C=O) groups is 1. The number of hydrogen-bond acceptors (Lipinski definition) is 5. The summed E-state index contributed by atoms with van der Waals surface area (Å²) in [6.07, 6.45) is 1.08. The number of hydrogen-bond donors (Lipinski definition) is 1. The normalized spacial score (nSPS) is 11.9. The number of rotatable bonds is 9. The molecule has 0 bridgehead atoms. The highest BCUT2D eigenvalue weighted by Crippen LogP contribution is 2.24. The molecule has 0 aliphatic rings. The zero-order valence-electron chi connectivity index (χ0n) is 20.0. The summed E-state index contributed by atoms with van der Waals surface area (Å²) in [6.45, 7) is 8.79. The Kier molecular flexibility index (Phi) is 7.11. The molecule has 4 rings (SSSR count). The Morgan fingerprint density at radius 3 is 2.21 bits per heavy atom. The molecule has 1 atom stereocenters. The van der Waals surface area contributed by atoms with Crippen LogP contribution in [0.4, 0.5) is 5.69 Å². The van der Waals surface area contributed by atoms with Crippen molar-refractivity contribution in [2.45, 2.75) is 40.0 Å². The number of aromatic nitrogens is 3. The number of ether oxygens (including phenoxy) is 2. The van der Waals surface area contributed by atoms with Crippen molar-refractivity contribution in [1.82, 2.24) is 15.0 Å². The number of aryl methyl sites for hydroxylation is 1. The predicted octanol–water partition coefficient (Wildman–Crippen LogP) is 5.66. The maximum atomic E-state index is 12.5. The van der Waals surface area contributed by atoms with Crippen molar-refractivity contribution < 1.29 is 14.3 Å². The van der Waals surface area contributed by atoms with Crippen LogP contribution in [-0.2, 0) is 4.79 Å². The molecule has 0 radical (unpaired) electrons. The third kappa shape index (κ3) is 5.36. The van der Waals surface area contributed by atoms with Gasteiger partial charge in [-0.1, -0.05) is 26.0 Å². The molecule has 7 heteroatoms. The van der Waals surface area contributed by atoms with Gasteiger partial charge in [-0.25, -0.2) is 0 Å². The molecule has 3 aromatic carbocycles. The highest BCUT2D eigenvalue weighted by Gasteiger charge is 2.12. The monoisotopic (exact) mass is 458 g/mol. The first-order chi connectivity index (χ1) is 16.5. The average molecular weight is 459 g/mol. The second-order valence-electron chi connectivity index (χ2n) is 8.29. The number of benzene rings is 3. The van der Waals surface area contributed by atoms with Crippen LogP contribution in [0.3, 0.4) is 0 Å². The van der Waals surface area contributed by atoms with E-state index in [1.165, 1.54) is 5.56 Å². The van der Waals surface area contributed by atoms with Crippen LogP contribution in [0, 0.1) is 6.92 Å². The zero-order valence-corrected chi connectivity index (χ0v) is 20.0. The predicted molar refractivity (Wildman–Crippen MR) is 134 cm³/mol. The number of fused-ring (bicyclic) bond motifs is 1. The fourth-order valence-corrected chi connectivity index (χ4v) is 3.62. The maximum absolute atomic E-state index is 12.5. The standard InChI is InChI=1S/C27H30N4O3/c1-5-18(3)20-7-11-23(12-8-20)34-17-27(32)28-24-16-26-25(15-19(24)4)29-31(30-26)21-9-13-22(14-10-21)33-6-2/h7-16,18H,5-6,17H2,1-4H3,(H,28,32)/t18-/m0/s1. The fourth-order valence-electron chi connectivity index (χ4n) is 3.62. The molecule has 34 heavy (non-hydrogen) atoms. The topological polar surface area (TPSA) is 78.3 Å². The van der Waals surface area contributed by atoms with Crippen LogP contribution in [0.25, 0.3) is 16.7 Å². The van der Waals surface area contributed by atoms with E-state index in [9.17, 15) is 4.79 Å². The Morgan fingerprint density at radius 1 is 0.941 bits per heavy atom. The first-order valence-electron chi connectivity index (χ1n) is 11.6. The number of carbonyl (C=O) groups excluding carboxylic acids is 1. The molecule has 1 aromatic heterocycles. The van der Waals surface area contributed by atoms with Crippen molar-refractivity contribution in [2.75, 3.05) is 18.5 Å². The number of nitrogens with one attached hydrogen (secondary N) is 1. The fraction of sp³-hybridized carbons (Fsp3) is 0.296. The van der Waals surface area contributed by atoms with Crippen LogP contribution in [0.5, 0.6) is 11.5 Å². The molecule has 0 aliphatic heterocycles. The summed E-state index contributed by atoms with van der Waals surface area (Å²) < 4.78 is 11.2. The van der Waals surface area contributed by atoms with Gasteiger partial charge in [-0.15, -0.1) is 10.2 Å². The summed E-state index contributed by atoms with van der Waals surface area (Å²) in [5.74, 6) is 1.75. The minimum absolute atomic E-state index is 0.0704. The minimum atomic E-state index is -0.229. The minimum Gasteiger partial charge on any atom is -0.494 e. The van der Waals surface area contributed by atoms with Crippen LogP contribution >= 0.6 is 0 Å². The third-order valence-electron chi connectivity index (χ3n) is 5.81. The van der Waals surface area contributed by atoms with Gasteiger partial charge in [-0.3, -0.25) is 4.79 Å². The molecular weight excluding hydrogens is 428 g/mol.